The Morgan fingerprint density at radius 2 is 2.13 bits per heavy atom. The molecule has 0 aliphatic rings. The maximum Gasteiger partial charge on any atom is 0.261 e. The van der Waals surface area contributed by atoms with E-state index in [1.165, 1.54) is 13.8 Å². The van der Waals surface area contributed by atoms with Gasteiger partial charge in [0.25, 0.3) is 5.91 Å². The number of hydrogen-bond donors (Lipinski definition) is 1. The predicted octanol–water partition coefficient (Wildman–Crippen LogP) is 3.79. The van der Waals surface area contributed by atoms with E-state index in [1.807, 2.05) is 0 Å². The molecule has 0 aliphatic heterocycles. The molecule has 1 aromatic carbocycles. The Balaban J connectivity index is 2.91. The number of alkyl halides is 1. The molecule has 0 aliphatic carbocycles. The van der Waals surface area contributed by atoms with Gasteiger partial charge in [-0.1, -0.05) is 17.7 Å². The average Bonchev–Trinajstić information content (AvgIpc) is 2.11. The minimum Gasteiger partial charge on any atom is -0.322 e. The number of rotatable bonds is 2. The largest absolute Gasteiger partial charge is 0.322 e. The van der Waals surface area contributed by atoms with Gasteiger partial charge in [-0.25, -0.2) is 4.39 Å². The quantitative estimate of drug-likeness (QED) is 0.883. The van der Waals surface area contributed by atoms with E-state index in [4.69, 9.17) is 11.6 Å². The summed E-state index contributed by atoms with van der Waals surface area (Å²) in [5, 5.41) is 2.77. The van der Waals surface area contributed by atoms with Crippen molar-refractivity contribution in [3.05, 3.63) is 27.7 Å². The first-order valence-electron chi connectivity index (χ1n) is 4.27. The second-order valence-corrected chi connectivity index (χ2v) is 4.76. The number of halogens is 3. The molecular weight excluding hydrogens is 284 g/mol. The minimum atomic E-state index is -1.92. The van der Waals surface area contributed by atoms with Crippen LogP contribution in [0.3, 0.4) is 0 Å². The first-order chi connectivity index (χ1) is 6.82. The lowest BCUT2D eigenvalue weighted by Crippen LogP contribution is -2.32. The molecule has 0 radical (unpaired) electrons. The normalized spacial score (nSPS) is 11.3. The van der Waals surface area contributed by atoms with Crippen LogP contribution in [0.1, 0.15) is 13.8 Å². The summed E-state index contributed by atoms with van der Waals surface area (Å²) in [7, 11) is 0. The number of benzene rings is 1. The Labute approximate surface area is 101 Å². The van der Waals surface area contributed by atoms with Crippen LogP contribution in [0.25, 0.3) is 0 Å². The van der Waals surface area contributed by atoms with Crippen molar-refractivity contribution in [3.8, 4) is 0 Å². The highest BCUT2D eigenvalue weighted by atomic mass is 79.9. The van der Waals surface area contributed by atoms with Gasteiger partial charge in [0, 0.05) is 4.47 Å². The molecule has 1 aromatic rings. The molecule has 0 heterocycles. The van der Waals surface area contributed by atoms with Gasteiger partial charge in [0.05, 0.1) is 10.7 Å². The van der Waals surface area contributed by atoms with Crippen molar-refractivity contribution in [1.29, 1.82) is 0 Å². The summed E-state index contributed by atoms with van der Waals surface area (Å²) >= 11 is 9.11. The predicted molar refractivity (Wildman–Crippen MR) is 63.0 cm³/mol. The molecular formula is C10H10BrClFNO. The Kier molecular flexibility index (Phi) is 3.73. The Morgan fingerprint density at radius 3 is 2.67 bits per heavy atom. The van der Waals surface area contributed by atoms with Crippen molar-refractivity contribution in [3.63, 3.8) is 0 Å². The second kappa shape index (κ2) is 4.49. The van der Waals surface area contributed by atoms with E-state index in [2.05, 4.69) is 21.2 Å². The third kappa shape index (κ3) is 3.18. The molecule has 5 heteroatoms. The maximum atomic E-state index is 13.2. The van der Waals surface area contributed by atoms with Crippen LogP contribution in [0.5, 0.6) is 0 Å². The summed E-state index contributed by atoms with van der Waals surface area (Å²) in [5.41, 5.74) is -1.53. The molecule has 0 atom stereocenters. The van der Waals surface area contributed by atoms with E-state index < -0.39 is 11.6 Å². The van der Waals surface area contributed by atoms with Crippen LogP contribution in [0.2, 0.25) is 5.02 Å². The summed E-state index contributed by atoms with van der Waals surface area (Å²) in [6.45, 7) is 2.38. The molecule has 15 heavy (non-hydrogen) atoms. The molecule has 0 saturated heterocycles. The number of carbonyl (C=O) groups is 1. The van der Waals surface area contributed by atoms with Gasteiger partial charge in [-0.3, -0.25) is 4.79 Å². The maximum absolute atomic E-state index is 13.2. The van der Waals surface area contributed by atoms with Crippen LogP contribution in [0, 0.1) is 0 Å². The minimum absolute atomic E-state index is 0.357. The van der Waals surface area contributed by atoms with E-state index in [0.717, 1.165) is 0 Å². The first kappa shape index (κ1) is 12.5. The summed E-state index contributed by atoms with van der Waals surface area (Å²) in [6, 6.07) is 5.05. The highest BCUT2D eigenvalue weighted by Crippen LogP contribution is 2.30. The van der Waals surface area contributed by atoms with Gasteiger partial charge in [0.2, 0.25) is 0 Å². The summed E-state index contributed by atoms with van der Waals surface area (Å²) in [6.07, 6.45) is 0. The van der Waals surface area contributed by atoms with Crippen molar-refractivity contribution in [2.45, 2.75) is 19.5 Å². The molecule has 0 aromatic heterocycles. The monoisotopic (exact) mass is 293 g/mol. The molecule has 0 fully saturated rings. The number of hydrogen-bond acceptors (Lipinski definition) is 1. The standard InChI is InChI=1S/C10H10BrClFNO/c1-10(2,13)9(15)14-7-5-3-4-6(11)8(7)12/h3-5H,1-2H3,(H,14,15). The highest BCUT2D eigenvalue weighted by molar-refractivity contribution is 9.10. The van der Waals surface area contributed by atoms with E-state index in [-0.39, 0.29) is 0 Å². The summed E-state index contributed by atoms with van der Waals surface area (Å²) in [5.74, 6) is -0.720. The lowest BCUT2D eigenvalue weighted by Gasteiger charge is -2.15. The molecule has 2 nitrogen and oxygen atoms in total. The number of amides is 1. The number of carbonyl (C=O) groups excluding carboxylic acids is 1. The third-order valence-electron chi connectivity index (χ3n) is 1.74. The fourth-order valence-electron chi connectivity index (χ4n) is 0.871. The zero-order valence-corrected chi connectivity index (χ0v) is 10.6. The van der Waals surface area contributed by atoms with Crippen molar-refractivity contribution in [2.75, 3.05) is 5.32 Å². The van der Waals surface area contributed by atoms with Crippen LogP contribution >= 0.6 is 27.5 Å². The molecule has 82 valence electrons. The van der Waals surface area contributed by atoms with Crippen molar-refractivity contribution >= 4 is 39.1 Å². The highest BCUT2D eigenvalue weighted by Gasteiger charge is 2.27. The smallest absolute Gasteiger partial charge is 0.261 e. The topological polar surface area (TPSA) is 29.1 Å². The van der Waals surface area contributed by atoms with Gasteiger partial charge in [0.15, 0.2) is 5.67 Å². The van der Waals surface area contributed by atoms with E-state index in [9.17, 15) is 9.18 Å². The SMILES string of the molecule is CC(C)(F)C(=O)Nc1cccc(Br)c1Cl. The Bertz CT molecular complexity index is 389. The molecule has 0 saturated carbocycles. The van der Waals surface area contributed by atoms with Gasteiger partial charge >= 0.3 is 0 Å². The molecule has 0 unspecified atom stereocenters. The third-order valence-corrected chi connectivity index (χ3v) is 3.04. The van der Waals surface area contributed by atoms with Crippen LogP contribution in [0.4, 0.5) is 10.1 Å². The fourth-order valence-corrected chi connectivity index (χ4v) is 1.41. The van der Waals surface area contributed by atoms with Crippen LogP contribution in [0.15, 0.2) is 22.7 Å². The average molecular weight is 295 g/mol. The molecule has 0 bridgehead atoms. The zero-order valence-electron chi connectivity index (χ0n) is 8.27. The zero-order chi connectivity index (χ0) is 11.6. The van der Waals surface area contributed by atoms with Crippen molar-refractivity contribution in [2.24, 2.45) is 0 Å². The Hall–Kier alpha value is -0.610. The second-order valence-electron chi connectivity index (χ2n) is 3.53. The van der Waals surface area contributed by atoms with Crippen LogP contribution < -0.4 is 5.32 Å². The molecule has 1 amide bonds. The van der Waals surface area contributed by atoms with E-state index in [0.29, 0.717) is 15.2 Å². The van der Waals surface area contributed by atoms with Gasteiger partial charge < -0.3 is 5.32 Å². The van der Waals surface area contributed by atoms with Gasteiger partial charge in [-0.2, -0.15) is 0 Å². The lowest BCUT2D eigenvalue weighted by atomic mass is 10.1. The lowest BCUT2D eigenvalue weighted by molar-refractivity contribution is -0.125. The van der Waals surface area contributed by atoms with Crippen LogP contribution in [-0.2, 0) is 4.79 Å². The first-order valence-corrected chi connectivity index (χ1v) is 5.44. The van der Waals surface area contributed by atoms with E-state index in [1.54, 1.807) is 18.2 Å². The van der Waals surface area contributed by atoms with Crippen LogP contribution in [-0.4, -0.2) is 11.6 Å². The van der Waals surface area contributed by atoms with Gasteiger partial charge in [0.1, 0.15) is 0 Å². The van der Waals surface area contributed by atoms with Crippen molar-refractivity contribution in [1.82, 2.24) is 0 Å². The number of anilines is 1. The molecule has 1 N–H and O–H groups in total. The molecule has 0 spiro atoms. The number of nitrogens with one attached hydrogen (secondary N) is 1. The Morgan fingerprint density at radius 1 is 1.53 bits per heavy atom. The van der Waals surface area contributed by atoms with Gasteiger partial charge in [-0.05, 0) is 41.9 Å². The van der Waals surface area contributed by atoms with Crippen molar-refractivity contribution < 1.29 is 9.18 Å². The van der Waals surface area contributed by atoms with E-state index >= 15 is 0 Å². The molecule has 1 rings (SSSR count). The summed E-state index contributed by atoms with van der Waals surface area (Å²) in [4.78, 5) is 11.3. The fraction of sp³-hybridized carbons (Fsp3) is 0.300. The summed E-state index contributed by atoms with van der Waals surface area (Å²) < 4.78 is 13.9. The van der Waals surface area contributed by atoms with Gasteiger partial charge in [-0.15, -0.1) is 0 Å².